The van der Waals surface area contributed by atoms with Gasteiger partial charge < -0.3 is 9.42 Å². The number of hydrogen-bond acceptors (Lipinski definition) is 6. The zero-order valence-corrected chi connectivity index (χ0v) is 16.4. The summed E-state index contributed by atoms with van der Waals surface area (Å²) < 4.78 is 5.47. The van der Waals surface area contributed by atoms with Crippen molar-refractivity contribution < 1.29 is 14.2 Å². The maximum Gasteiger partial charge on any atom is 0.269 e. The highest BCUT2D eigenvalue weighted by atomic mass is 16.6. The minimum Gasteiger partial charge on any atom is -0.337 e. The van der Waals surface area contributed by atoms with Crippen LogP contribution in [-0.2, 0) is 4.79 Å². The summed E-state index contributed by atoms with van der Waals surface area (Å²) in [6.45, 7) is 2.62. The summed E-state index contributed by atoms with van der Waals surface area (Å²) in [5, 5.41) is 14.8. The molecule has 1 saturated heterocycles. The Morgan fingerprint density at radius 3 is 2.63 bits per heavy atom. The van der Waals surface area contributed by atoms with Crippen molar-refractivity contribution >= 4 is 17.7 Å². The number of nitro groups is 1. The van der Waals surface area contributed by atoms with Crippen LogP contribution in [0.3, 0.4) is 0 Å². The Bertz CT molecular complexity index is 1090. The van der Waals surface area contributed by atoms with E-state index >= 15 is 0 Å². The smallest absolute Gasteiger partial charge is 0.269 e. The molecule has 0 spiro atoms. The molecule has 0 unspecified atom stereocenters. The van der Waals surface area contributed by atoms with Crippen molar-refractivity contribution in [2.45, 2.75) is 25.8 Å². The SMILES string of the molecule is Cc1ccc(-c2noc([C@H]3CCCN3C(=O)/C=C/c3ccc([N+](=O)[O-])cc3)n2)cc1. The molecule has 1 atom stereocenters. The quantitative estimate of drug-likeness (QED) is 0.356. The normalized spacial score (nSPS) is 16.3. The third kappa shape index (κ3) is 4.12. The molecule has 1 aliphatic rings. The van der Waals surface area contributed by atoms with Crippen molar-refractivity contribution in [3.63, 3.8) is 0 Å². The van der Waals surface area contributed by atoms with E-state index in [1.807, 2.05) is 31.2 Å². The third-order valence-corrected chi connectivity index (χ3v) is 5.09. The van der Waals surface area contributed by atoms with E-state index in [0.29, 0.717) is 23.8 Å². The first-order valence-corrected chi connectivity index (χ1v) is 9.65. The molecule has 1 fully saturated rings. The number of carbonyl (C=O) groups is 1. The lowest BCUT2D eigenvalue weighted by atomic mass is 10.1. The van der Waals surface area contributed by atoms with Gasteiger partial charge in [-0.05, 0) is 43.5 Å². The van der Waals surface area contributed by atoms with Crippen LogP contribution in [0.1, 0.15) is 35.9 Å². The lowest BCUT2D eigenvalue weighted by molar-refractivity contribution is -0.384. The summed E-state index contributed by atoms with van der Waals surface area (Å²) in [5.74, 6) is 0.775. The molecule has 0 radical (unpaired) electrons. The second-order valence-electron chi connectivity index (χ2n) is 7.19. The van der Waals surface area contributed by atoms with Crippen LogP contribution in [0.25, 0.3) is 17.5 Å². The fourth-order valence-corrected chi connectivity index (χ4v) is 3.45. The molecule has 8 nitrogen and oxygen atoms in total. The summed E-state index contributed by atoms with van der Waals surface area (Å²) in [6, 6.07) is 13.6. The van der Waals surface area contributed by atoms with Gasteiger partial charge in [-0.25, -0.2) is 0 Å². The number of benzene rings is 2. The largest absolute Gasteiger partial charge is 0.337 e. The lowest BCUT2D eigenvalue weighted by Crippen LogP contribution is -2.29. The molecule has 0 bridgehead atoms. The van der Waals surface area contributed by atoms with Crippen LogP contribution in [0.5, 0.6) is 0 Å². The number of aryl methyl sites for hydroxylation is 1. The van der Waals surface area contributed by atoms with Gasteiger partial charge in [-0.15, -0.1) is 0 Å². The highest BCUT2D eigenvalue weighted by Crippen LogP contribution is 2.32. The Hall–Kier alpha value is -3.81. The summed E-state index contributed by atoms with van der Waals surface area (Å²) >= 11 is 0. The summed E-state index contributed by atoms with van der Waals surface area (Å²) in [7, 11) is 0. The van der Waals surface area contributed by atoms with E-state index in [4.69, 9.17) is 4.52 Å². The van der Waals surface area contributed by atoms with Crippen LogP contribution in [-0.4, -0.2) is 32.4 Å². The van der Waals surface area contributed by atoms with Gasteiger partial charge in [0.2, 0.25) is 17.6 Å². The Morgan fingerprint density at radius 1 is 1.20 bits per heavy atom. The predicted molar refractivity (Wildman–Crippen MR) is 110 cm³/mol. The number of amides is 1. The van der Waals surface area contributed by atoms with Crippen LogP contribution in [0, 0.1) is 17.0 Å². The minimum absolute atomic E-state index is 0.0128. The Labute approximate surface area is 173 Å². The Kier molecular flexibility index (Phi) is 5.38. The number of non-ortho nitro benzene ring substituents is 1. The Morgan fingerprint density at radius 2 is 1.93 bits per heavy atom. The minimum atomic E-state index is -0.456. The molecule has 8 heteroatoms. The van der Waals surface area contributed by atoms with Crippen LogP contribution in [0.4, 0.5) is 5.69 Å². The summed E-state index contributed by atoms with van der Waals surface area (Å²) in [6.07, 6.45) is 4.72. The van der Waals surface area contributed by atoms with E-state index in [1.165, 1.54) is 18.2 Å². The first-order valence-electron chi connectivity index (χ1n) is 9.65. The molecule has 0 N–H and O–H groups in total. The van der Waals surface area contributed by atoms with Gasteiger partial charge in [-0.2, -0.15) is 4.98 Å². The third-order valence-electron chi connectivity index (χ3n) is 5.09. The second-order valence-corrected chi connectivity index (χ2v) is 7.19. The van der Waals surface area contributed by atoms with Gasteiger partial charge in [0.25, 0.3) is 5.69 Å². The van der Waals surface area contributed by atoms with Crippen molar-refractivity contribution in [3.05, 3.63) is 81.7 Å². The van der Waals surface area contributed by atoms with Crippen molar-refractivity contribution in [1.82, 2.24) is 15.0 Å². The molecule has 0 saturated carbocycles. The van der Waals surface area contributed by atoms with Crippen LogP contribution in [0.15, 0.2) is 59.1 Å². The van der Waals surface area contributed by atoms with Gasteiger partial charge in [-0.1, -0.05) is 35.0 Å². The number of likely N-dealkylation sites (tertiary alicyclic amines) is 1. The van der Waals surface area contributed by atoms with E-state index in [1.54, 1.807) is 23.1 Å². The van der Waals surface area contributed by atoms with Gasteiger partial charge in [0.1, 0.15) is 6.04 Å². The molecule has 2 aromatic carbocycles. The van der Waals surface area contributed by atoms with Crippen LogP contribution in [0.2, 0.25) is 0 Å². The summed E-state index contributed by atoms with van der Waals surface area (Å²) in [5.41, 5.74) is 2.74. The first kappa shape index (κ1) is 19.5. The maximum absolute atomic E-state index is 12.7. The number of nitrogens with zero attached hydrogens (tertiary/aromatic N) is 4. The number of nitro benzene ring substituents is 1. The molecule has 1 aliphatic heterocycles. The summed E-state index contributed by atoms with van der Waals surface area (Å²) in [4.78, 5) is 29.2. The molecule has 4 rings (SSSR count). The second kappa shape index (κ2) is 8.28. The number of rotatable bonds is 5. The van der Waals surface area contributed by atoms with Crippen molar-refractivity contribution in [1.29, 1.82) is 0 Å². The van der Waals surface area contributed by atoms with Crippen molar-refractivity contribution in [2.75, 3.05) is 6.54 Å². The van der Waals surface area contributed by atoms with Gasteiger partial charge in [0.05, 0.1) is 4.92 Å². The van der Waals surface area contributed by atoms with Crippen molar-refractivity contribution in [3.8, 4) is 11.4 Å². The first-order chi connectivity index (χ1) is 14.5. The van der Waals surface area contributed by atoms with Crippen LogP contribution >= 0.6 is 0 Å². The zero-order valence-electron chi connectivity index (χ0n) is 16.4. The van der Waals surface area contributed by atoms with Gasteiger partial charge in [-0.3, -0.25) is 14.9 Å². The number of carbonyl (C=O) groups excluding carboxylic acids is 1. The topological polar surface area (TPSA) is 102 Å². The molecular formula is C22H20N4O4. The average molecular weight is 404 g/mol. The lowest BCUT2D eigenvalue weighted by Gasteiger charge is -2.20. The zero-order chi connectivity index (χ0) is 21.1. The van der Waals surface area contributed by atoms with E-state index in [2.05, 4.69) is 10.1 Å². The van der Waals surface area contributed by atoms with E-state index in [-0.39, 0.29) is 17.6 Å². The molecule has 2 heterocycles. The van der Waals surface area contributed by atoms with E-state index < -0.39 is 4.92 Å². The highest BCUT2D eigenvalue weighted by molar-refractivity contribution is 5.92. The van der Waals surface area contributed by atoms with E-state index in [0.717, 1.165) is 24.0 Å². The standard InChI is InChI=1S/C22H20N4O4/c1-15-4-9-17(10-5-15)21-23-22(30-24-21)19-3-2-14-25(19)20(27)13-8-16-6-11-18(12-7-16)26(28)29/h4-13,19H,2-3,14H2,1H3/b13-8+/t19-/m1/s1. The molecular weight excluding hydrogens is 384 g/mol. The van der Waals surface area contributed by atoms with Crippen LogP contribution < -0.4 is 0 Å². The molecule has 1 aromatic heterocycles. The van der Waals surface area contributed by atoms with Crippen molar-refractivity contribution in [2.24, 2.45) is 0 Å². The Balaban J connectivity index is 1.47. The predicted octanol–water partition coefficient (Wildman–Crippen LogP) is 4.33. The molecule has 0 aliphatic carbocycles. The molecule has 152 valence electrons. The fraction of sp³-hybridized carbons (Fsp3) is 0.227. The van der Waals surface area contributed by atoms with Gasteiger partial charge in [0, 0.05) is 30.3 Å². The number of aromatic nitrogens is 2. The highest BCUT2D eigenvalue weighted by Gasteiger charge is 2.33. The molecule has 30 heavy (non-hydrogen) atoms. The molecule has 1 amide bonds. The monoisotopic (exact) mass is 404 g/mol. The average Bonchev–Trinajstić information content (AvgIpc) is 3.42. The maximum atomic E-state index is 12.7. The fourth-order valence-electron chi connectivity index (χ4n) is 3.45. The number of hydrogen-bond donors (Lipinski definition) is 0. The van der Waals surface area contributed by atoms with Gasteiger partial charge >= 0.3 is 0 Å². The van der Waals surface area contributed by atoms with Gasteiger partial charge in [0.15, 0.2) is 0 Å². The van der Waals surface area contributed by atoms with E-state index in [9.17, 15) is 14.9 Å². The molecule has 3 aromatic rings.